The van der Waals surface area contributed by atoms with Gasteiger partial charge in [-0.05, 0) is 18.7 Å². The summed E-state index contributed by atoms with van der Waals surface area (Å²) in [5.74, 6) is -3.50. The minimum atomic E-state index is -5.21. The lowest BCUT2D eigenvalue weighted by molar-refractivity contribution is -0.326. The minimum Gasteiger partial charge on any atom is -0.466 e. The zero-order valence-corrected chi connectivity index (χ0v) is 15.2. The number of nitrogens with one attached hydrogen (secondary N) is 1. The van der Waals surface area contributed by atoms with Crippen LogP contribution in [0.15, 0.2) is 35.5 Å². The number of aromatic nitrogens is 3. The third-order valence-corrected chi connectivity index (χ3v) is 4.80. The van der Waals surface area contributed by atoms with Crippen molar-refractivity contribution in [1.82, 2.24) is 14.8 Å². The maximum Gasteiger partial charge on any atom is 0.439 e. The lowest BCUT2D eigenvalue weighted by Crippen LogP contribution is -2.61. The van der Waals surface area contributed by atoms with Gasteiger partial charge in [0.25, 0.3) is 5.72 Å². The van der Waals surface area contributed by atoms with Crippen LogP contribution in [-0.4, -0.2) is 44.9 Å². The van der Waals surface area contributed by atoms with Crippen LogP contribution in [0.4, 0.5) is 19.1 Å². The molecule has 2 aromatic rings. The second kappa shape index (κ2) is 7.04. The molecule has 3 rings (SSSR count). The van der Waals surface area contributed by atoms with E-state index < -0.39 is 29.8 Å². The summed E-state index contributed by atoms with van der Waals surface area (Å²) in [6.07, 6.45) is -3.62. The van der Waals surface area contributed by atoms with E-state index in [2.05, 4.69) is 15.4 Å². The second-order valence-corrected chi connectivity index (χ2v) is 6.59. The van der Waals surface area contributed by atoms with Gasteiger partial charge >= 0.3 is 12.1 Å². The number of ether oxygens (including phenoxy) is 1. The molecule has 0 amide bonds. The Morgan fingerprint density at radius 1 is 1.41 bits per heavy atom. The molecule has 2 N–H and O–H groups in total. The van der Waals surface area contributed by atoms with Crippen LogP contribution in [0, 0.1) is 5.92 Å². The first-order chi connectivity index (χ1) is 12.7. The number of anilines is 1. The average Bonchev–Trinajstić information content (AvgIpc) is 3.05. The zero-order valence-electron chi connectivity index (χ0n) is 14.4. The summed E-state index contributed by atoms with van der Waals surface area (Å²) in [7, 11) is 0. The van der Waals surface area contributed by atoms with Crippen LogP contribution >= 0.6 is 11.8 Å². The zero-order chi connectivity index (χ0) is 19.8. The SMILES string of the molecule is CCOC(=O)C1C(c2ccccc2)Nc2nc(SC)nn2C1(O)C(F)(F)F. The number of aliphatic hydroxyl groups is 1. The standard InChI is InChI=1S/C16H17F3N4O3S/c1-3-26-12(24)10-11(9-7-5-4-6-8-9)20-13-21-14(27-2)22-23(13)15(10,25)16(17,18)19/h4-8,10-11,25H,3H2,1-2H3,(H,20,21,22). The first-order valence-electron chi connectivity index (χ1n) is 8.02. The molecule has 7 nitrogen and oxygen atoms in total. The molecule has 11 heteroatoms. The van der Waals surface area contributed by atoms with Crippen LogP contribution in [0.1, 0.15) is 18.5 Å². The molecule has 1 aliphatic rings. The molecule has 0 aliphatic carbocycles. The Kier molecular flexibility index (Phi) is 5.08. The van der Waals surface area contributed by atoms with E-state index >= 15 is 0 Å². The number of hydrogen-bond acceptors (Lipinski definition) is 7. The molecule has 0 radical (unpaired) electrons. The van der Waals surface area contributed by atoms with Gasteiger partial charge in [-0.2, -0.15) is 22.8 Å². The van der Waals surface area contributed by atoms with Crippen molar-refractivity contribution in [1.29, 1.82) is 0 Å². The molecular formula is C16H17F3N4O3S. The summed E-state index contributed by atoms with van der Waals surface area (Å²) in [6, 6.07) is 6.83. The van der Waals surface area contributed by atoms with E-state index in [1.807, 2.05) is 0 Å². The summed E-state index contributed by atoms with van der Waals surface area (Å²) in [4.78, 5) is 16.5. The molecule has 0 bridgehead atoms. The molecule has 0 spiro atoms. The van der Waals surface area contributed by atoms with E-state index in [1.54, 1.807) is 36.6 Å². The van der Waals surface area contributed by atoms with Crippen molar-refractivity contribution in [3.63, 3.8) is 0 Å². The van der Waals surface area contributed by atoms with Crippen LogP contribution in [0.5, 0.6) is 0 Å². The summed E-state index contributed by atoms with van der Waals surface area (Å²) in [5.41, 5.74) is -3.25. The van der Waals surface area contributed by atoms with Gasteiger partial charge in [-0.25, -0.2) is 0 Å². The monoisotopic (exact) mass is 402 g/mol. The molecule has 146 valence electrons. The number of benzene rings is 1. The van der Waals surface area contributed by atoms with Crippen molar-refractivity contribution >= 4 is 23.7 Å². The van der Waals surface area contributed by atoms with E-state index in [9.17, 15) is 23.1 Å². The van der Waals surface area contributed by atoms with Gasteiger partial charge < -0.3 is 15.2 Å². The highest BCUT2D eigenvalue weighted by atomic mass is 32.2. The number of carbonyl (C=O) groups is 1. The molecule has 1 aromatic carbocycles. The van der Waals surface area contributed by atoms with Crippen LogP contribution in [0.25, 0.3) is 0 Å². The highest BCUT2D eigenvalue weighted by molar-refractivity contribution is 7.98. The van der Waals surface area contributed by atoms with Crippen LogP contribution in [0.2, 0.25) is 0 Å². The number of hydrogen-bond donors (Lipinski definition) is 2. The number of alkyl halides is 3. The van der Waals surface area contributed by atoms with Crippen molar-refractivity contribution in [2.45, 2.75) is 30.0 Å². The fourth-order valence-electron chi connectivity index (χ4n) is 3.06. The molecule has 0 fully saturated rings. The first-order valence-corrected chi connectivity index (χ1v) is 9.25. The maximum absolute atomic E-state index is 14.1. The lowest BCUT2D eigenvalue weighted by atomic mass is 9.82. The predicted octanol–water partition coefficient (Wildman–Crippen LogP) is 2.55. The van der Waals surface area contributed by atoms with Gasteiger partial charge in [0, 0.05) is 0 Å². The van der Waals surface area contributed by atoms with Gasteiger partial charge in [0.15, 0.2) is 0 Å². The Bertz CT molecular complexity index is 830. The second-order valence-electron chi connectivity index (χ2n) is 5.82. The van der Waals surface area contributed by atoms with Crippen LogP contribution in [-0.2, 0) is 15.3 Å². The largest absolute Gasteiger partial charge is 0.466 e. The molecule has 0 saturated heterocycles. The Morgan fingerprint density at radius 3 is 2.63 bits per heavy atom. The summed E-state index contributed by atoms with van der Waals surface area (Å²) >= 11 is 1.01. The van der Waals surface area contributed by atoms with Crippen molar-refractivity contribution in [2.75, 3.05) is 18.2 Å². The number of rotatable bonds is 4. The maximum atomic E-state index is 14.1. The average molecular weight is 402 g/mol. The van der Waals surface area contributed by atoms with Crippen LogP contribution < -0.4 is 5.32 Å². The predicted molar refractivity (Wildman–Crippen MR) is 91.0 cm³/mol. The Balaban J connectivity index is 2.25. The Hall–Kier alpha value is -2.27. The first kappa shape index (κ1) is 19.5. The van der Waals surface area contributed by atoms with Crippen molar-refractivity contribution < 1.29 is 27.8 Å². The van der Waals surface area contributed by atoms with Crippen molar-refractivity contribution in [3.05, 3.63) is 35.9 Å². The smallest absolute Gasteiger partial charge is 0.439 e. The summed E-state index contributed by atoms with van der Waals surface area (Å²) in [6.45, 7) is 1.34. The third kappa shape index (κ3) is 3.14. The van der Waals surface area contributed by atoms with Gasteiger partial charge in [-0.3, -0.25) is 4.79 Å². The van der Waals surface area contributed by atoms with Crippen molar-refractivity contribution in [2.24, 2.45) is 5.92 Å². The Morgan fingerprint density at radius 2 is 2.07 bits per heavy atom. The number of carbonyl (C=O) groups excluding carboxylic acids is 1. The van der Waals surface area contributed by atoms with E-state index in [0.717, 1.165) is 11.8 Å². The van der Waals surface area contributed by atoms with Crippen molar-refractivity contribution in [3.8, 4) is 0 Å². The molecule has 1 aromatic heterocycles. The topological polar surface area (TPSA) is 89.3 Å². The molecule has 27 heavy (non-hydrogen) atoms. The minimum absolute atomic E-state index is 0.0245. The molecule has 3 unspecified atom stereocenters. The fourth-order valence-corrected chi connectivity index (χ4v) is 3.40. The van der Waals surface area contributed by atoms with E-state index in [0.29, 0.717) is 10.2 Å². The molecule has 2 heterocycles. The molecule has 3 atom stereocenters. The van der Waals surface area contributed by atoms with E-state index in [-0.39, 0.29) is 17.7 Å². The highest BCUT2D eigenvalue weighted by Crippen LogP contribution is 2.50. The number of nitrogens with zero attached hydrogens (tertiary/aromatic N) is 3. The van der Waals surface area contributed by atoms with E-state index in [4.69, 9.17) is 4.74 Å². The van der Waals surface area contributed by atoms with Gasteiger partial charge in [-0.15, -0.1) is 5.10 Å². The highest BCUT2D eigenvalue weighted by Gasteiger charge is 2.69. The number of thioether (sulfide) groups is 1. The quantitative estimate of drug-likeness (QED) is 0.600. The van der Waals surface area contributed by atoms with E-state index in [1.165, 1.54) is 6.92 Å². The van der Waals surface area contributed by atoms with Gasteiger partial charge in [0.1, 0.15) is 5.92 Å². The Labute approximate surface area is 156 Å². The van der Waals surface area contributed by atoms with Gasteiger partial charge in [0.05, 0.1) is 12.6 Å². The van der Waals surface area contributed by atoms with Gasteiger partial charge in [0.2, 0.25) is 11.1 Å². The number of halogens is 3. The third-order valence-electron chi connectivity index (χ3n) is 4.26. The van der Waals surface area contributed by atoms with Crippen LogP contribution in [0.3, 0.4) is 0 Å². The number of fused-ring (bicyclic) bond motifs is 1. The molecule has 0 saturated carbocycles. The fraction of sp³-hybridized carbons (Fsp3) is 0.438. The normalized spacial score (nSPS) is 24.8. The number of esters is 1. The summed E-state index contributed by atoms with van der Waals surface area (Å²) < 4.78 is 47.4. The lowest BCUT2D eigenvalue weighted by Gasteiger charge is -2.43. The molecule has 1 aliphatic heterocycles. The van der Waals surface area contributed by atoms with Gasteiger partial charge in [-0.1, -0.05) is 42.1 Å². The summed E-state index contributed by atoms with van der Waals surface area (Å²) in [5, 5.41) is 17.4. The molecular weight excluding hydrogens is 385 g/mol.